The Balaban J connectivity index is 1.83. The van der Waals surface area contributed by atoms with E-state index in [4.69, 9.17) is 5.26 Å². The molecular formula is C16H21N3O. The largest absolute Gasteiger partial charge is 0.334 e. The van der Waals surface area contributed by atoms with Gasteiger partial charge in [0.05, 0.1) is 11.6 Å². The zero-order valence-electron chi connectivity index (χ0n) is 11.9. The highest BCUT2D eigenvalue weighted by Gasteiger charge is 2.21. The molecule has 0 bridgehead atoms. The highest BCUT2D eigenvalue weighted by Crippen LogP contribution is 2.21. The Labute approximate surface area is 120 Å². The van der Waals surface area contributed by atoms with Gasteiger partial charge in [0.15, 0.2) is 0 Å². The summed E-state index contributed by atoms with van der Waals surface area (Å²) in [5.41, 5.74) is 1.65. The summed E-state index contributed by atoms with van der Waals surface area (Å²) >= 11 is 0. The molecule has 1 saturated carbocycles. The molecule has 0 radical (unpaired) electrons. The molecule has 0 spiro atoms. The van der Waals surface area contributed by atoms with Crippen molar-refractivity contribution in [2.45, 2.75) is 44.7 Å². The number of benzene rings is 1. The van der Waals surface area contributed by atoms with Crippen molar-refractivity contribution in [2.75, 3.05) is 7.05 Å². The van der Waals surface area contributed by atoms with Crippen molar-refractivity contribution in [3.05, 3.63) is 35.4 Å². The van der Waals surface area contributed by atoms with Gasteiger partial charge in [-0.05, 0) is 30.5 Å². The number of nitrogens with zero attached hydrogens (tertiary/aromatic N) is 2. The van der Waals surface area contributed by atoms with Gasteiger partial charge in [0.1, 0.15) is 0 Å². The van der Waals surface area contributed by atoms with Gasteiger partial charge >= 0.3 is 6.03 Å². The number of carbonyl (C=O) groups excluding carboxylic acids is 1. The Bertz CT molecular complexity index is 483. The van der Waals surface area contributed by atoms with E-state index in [1.165, 1.54) is 19.3 Å². The average Bonchev–Trinajstić information content (AvgIpc) is 2.53. The van der Waals surface area contributed by atoms with E-state index in [0.29, 0.717) is 18.2 Å². The summed E-state index contributed by atoms with van der Waals surface area (Å²) in [5, 5.41) is 11.7. The molecule has 1 aliphatic rings. The summed E-state index contributed by atoms with van der Waals surface area (Å²) < 4.78 is 0. The summed E-state index contributed by atoms with van der Waals surface area (Å²) in [4.78, 5) is 13.9. The van der Waals surface area contributed by atoms with Gasteiger partial charge in [-0.25, -0.2) is 4.79 Å². The van der Waals surface area contributed by atoms with Crippen LogP contribution >= 0.6 is 0 Å². The molecule has 1 N–H and O–H groups in total. The lowest BCUT2D eigenvalue weighted by atomic mass is 9.95. The van der Waals surface area contributed by atoms with E-state index in [1.54, 1.807) is 12.1 Å². The van der Waals surface area contributed by atoms with E-state index in [-0.39, 0.29) is 6.03 Å². The van der Waals surface area contributed by atoms with Crippen LogP contribution in [0.25, 0.3) is 0 Å². The Morgan fingerprint density at radius 2 is 1.95 bits per heavy atom. The molecule has 0 heterocycles. The molecule has 1 aromatic carbocycles. The minimum Gasteiger partial charge on any atom is -0.334 e. The smallest absolute Gasteiger partial charge is 0.317 e. The van der Waals surface area contributed by atoms with Crippen LogP contribution in [0.1, 0.15) is 43.2 Å². The maximum atomic E-state index is 12.1. The van der Waals surface area contributed by atoms with E-state index in [0.717, 1.165) is 18.4 Å². The molecule has 0 saturated heterocycles. The molecule has 4 nitrogen and oxygen atoms in total. The molecule has 2 amide bonds. The zero-order chi connectivity index (χ0) is 14.4. The van der Waals surface area contributed by atoms with E-state index < -0.39 is 0 Å². The number of hydrogen-bond acceptors (Lipinski definition) is 2. The molecule has 0 unspecified atom stereocenters. The first kappa shape index (κ1) is 14.4. The third-order valence-electron chi connectivity index (χ3n) is 3.97. The van der Waals surface area contributed by atoms with Gasteiger partial charge in [-0.2, -0.15) is 5.26 Å². The highest BCUT2D eigenvalue weighted by molar-refractivity contribution is 5.74. The summed E-state index contributed by atoms with van der Waals surface area (Å²) in [6.45, 7) is 0.502. The van der Waals surface area contributed by atoms with Crippen LogP contribution in [0.3, 0.4) is 0 Å². The van der Waals surface area contributed by atoms with Crippen LogP contribution in [0.15, 0.2) is 24.3 Å². The highest BCUT2D eigenvalue weighted by atomic mass is 16.2. The molecule has 20 heavy (non-hydrogen) atoms. The summed E-state index contributed by atoms with van der Waals surface area (Å²) in [5.74, 6) is 0. The number of amides is 2. The molecular weight excluding hydrogens is 250 g/mol. The van der Waals surface area contributed by atoms with Crippen LogP contribution in [-0.4, -0.2) is 24.0 Å². The molecule has 1 aromatic rings. The number of urea groups is 1. The maximum Gasteiger partial charge on any atom is 0.317 e. The second kappa shape index (κ2) is 6.95. The second-order valence-electron chi connectivity index (χ2n) is 5.37. The van der Waals surface area contributed by atoms with Crippen molar-refractivity contribution in [3.63, 3.8) is 0 Å². The van der Waals surface area contributed by atoms with Crippen molar-refractivity contribution in [1.29, 1.82) is 5.26 Å². The quantitative estimate of drug-likeness (QED) is 0.918. The number of nitrogens with one attached hydrogen (secondary N) is 1. The fourth-order valence-corrected chi connectivity index (χ4v) is 2.63. The van der Waals surface area contributed by atoms with Crippen LogP contribution in [0.2, 0.25) is 0 Å². The number of nitriles is 1. The third-order valence-corrected chi connectivity index (χ3v) is 3.97. The maximum absolute atomic E-state index is 12.1. The van der Waals surface area contributed by atoms with Gasteiger partial charge in [0.2, 0.25) is 0 Å². The third kappa shape index (κ3) is 3.74. The number of rotatable bonds is 3. The Hall–Kier alpha value is -2.02. The lowest BCUT2D eigenvalue weighted by Gasteiger charge is -2.31. The fraction of sp³-hybridized carbons (Fsp3) is 0.500. The molecule has 4 heteroatoms. The Kier molecular flexibility index (Phi) is 5.00. The average molecular weight is 271 g/mol. The van der Waals surface area contributed by atoms with Gasteiger partial charge in [-0.3, -0.25) is 0 Å². The summed E-state index contributed by atoms with van der Waals surface area (Å²) in [6, 6.07) is 9.74. The molecule has 0 atom stereocenters. The van der Waals surface area contributed by atoms with Gasteiger partial charge in [0.25, 0.3) is 0 Å². The van der Waals surface area contributed by atoms with E-state index >= 15 is 0 Å². The van der Waals surface area contributed by atoms with Crippen LogP contribution < -0.4 is 5.32 Å². The van der Waals surface area contributed by atoms with E-state index in [1.807, 2.05) is 24.1 Å². The molecule has 2 rings (SSSR count). The van der Waals surface area contributed by atoms with Crippen LogP contribution in [0, 0.1) is 11.3 Å². The van der Waals surface area contributed by atoms with Crippen molar-refractivity contribution in [1.82, 2.24) is 10.2 Å². The van der Waals surface area contributed by atoms with Crippen LogP contribution in [0.4, 0.5) is 4.79 Å². The van der Waals surface area contributed by atoms with Crippen molar-refractivity contribution >= 4 is 6.03 Å². The lowest BCUT2D eigenvalue weighted by Crippen LogP contribution is -2.44. The van der Waals surface area contributed by atoms with Crippen molar-refractivity contribution in [3.8, 4) is 6.07 Å². The van der Waals surface area contributed by atoms with E-state index in [9.17, 15) is 4.79 Å². The van der Waals surface area contributed by atoms with Gasteiger partial charge in [0, 0.05) is 19.6 Å². The molecule has 1 aliphatic carbocycles. The van der Waals surface area contributed by atoms with Gasteiger partial charge in [-0.15, -0.1) is 0 Å². The van der Waals surface area contributed by atoms with Gasteiger partial charge in [-0.1, -0.05) is 31.4 Å². The first-order valence-corrected chi connectivity index (χ1v) is 7.20. The first-order chi connectivity index (χ1) is 9.70. The van der Waals surface area contributed by atoms with Crippen molar-refractivity contribution < 1.29 is 4.79 Å². The first-order valence-electron chi connectivity index (χ1n) is 7.20. The number of carbonyl (C=O) groups is 1. The molecule has 0 aliphatic heterocycles. The molecule has 1 fully saturated rings. The minimum atomic E-state index is -0.0127. The van der Waals surface area contributed by atoms with E-state index in [2.05, 4.69) is 11.4 Å². The Morgan fingerprint density at radius 1 is 1.30 bits per heavy atom. The second-order valence-corrected chi connectivity index (χ2v) is 5.37. The monoisotopic (exact) mass is 271 g/mol. The lowest BCUT2D eigenvalue weighted by molar-refractivity contribution is 0.173. The molecule has 106 valence electrons. The fourth-order valence-electron chi connectivity index (χ4n) is 2.63. The molecule has 0 aromatic heterocycles. The predicted octanol–water partition coefficient (Wildman–Crippen LogP) is 3.03. The van der Waals surface area contributed by atoms with Crippen molar-refractivity contribution in [2.24, 2.45) is 0 Å². The Morgan fingerprint density at radius 3 is 2.55 bits per heavy atom. The zero-order valence-corrected chi connectivity index (χ0v) is 11.9. The van der Waals surface area contributed by atoms with Gasteiger partial charge < -0.3 is 10.2 Å². The summed E-state index contributed by atoms with van der Waals surface area (Å²) in [7, 11) is 1.88. The topological polar surface area (TPSA) is 56.1 Å². The SMILES string of the molecule is CN(C(=O)NCc1ccc(C#N)cc1)C1CCCCC1. The normalized spacial score (nSPS) is 15.4. The van der Waals surface area contributed by atoms with Crippen LogP contribution in [-0.2, 0) is 6.54 Å². The standard InChI is InChI=1S/C16H21N3O/c1-19(15-5-3-2-4-6-15)16(20)18-12-14-9-7-13(11-17)8-10-14/h7-10,15H,2-6,12H2,1H3,(H,18,20). The summed E-state index contributed by atoms with van der Waals surface area (Å²) in [6.07, 6.45) is 5.95. The predicted molar refractivity (Wildman–Crippen MR) is 78.0 cm³/mol. The van der Waals surface area contributed by atoms with Crippen LogP contribution in [0.5, 0.6) is 0 Å². The number of hydrogen-bond donors (Lipinski definition) is 1. The minimum absolute atomic E-state index is 0.0127.